The van der Waals surface area contributed by atoms with Crippen molar-refractivity contribution in [2.75, 3.05) is 0 Å². The molecule has 1 heterocycles. The Bertz CT molecular complexity index is 53.2. The third-order valence-electron chi connectivity index (χ3n) is 1.68. The lowest BCUT2D eigenvalue weighted by Gasteiger charge is -1.81. The molecule has 1 rings (SSSR count). The molecule has 1 saturated heterocycles. The lowest BCUT2D eigenvalue weighted by atomic mass is 10.2. The quantitative estimate of drug-likeness (QED) is 0.515. The van der Waals surface area contributed by atoms with E-state index < -0.39 is 0 Å². The van der Waals surface area contributed by atoms with Gasteiger partial charge in [0, 0.05) is 12.1 Å². The molecule has 0 aromatic heterocycles. The fraction of sp³-hybridized carbons (Fsp3) is 1.00. The van der Waals surface area contributed by atoms with Crippen molar-refractivity contribution in [3.8, 4) is 0 Å². The van der Waals surface area contributed by atoms with E-state index in [1.165, 1.54) is 12.8 Å². The molecular weight excluding hydrogens is 86.1 g/mol. The van der Waals surface area contributed by atoms with Gasteiger partial charge < -0.3 is 5.32 Å². The van der Waals surface area contributed by atoms with E-state index in [1.807, 2.05) is 0 Å². The normalized spacial score (nSPS) is 38.6. The van der Waals surface area contributed by atoms with Crippen LogP contribution in [0.2, 0.25) is 0 Å². The molecule has 2 atom stereocenters. The van der Waals surface area contributed by atoms with Crippen LogP contribution in [0.4, 0.5) is 0 Å². The highest BCUT2D eigenvalue weighted by Crippen LogP contribution is 2.16. The van der Waals surface area contributed by atoms with Crippen molar-refractivity contribution in [1.82, 2.24) is 5.32 Å². The highest BCUT2D eigenvalue weighted by molar-refractivity contribution is 4.95. The number of rotatable bonds is 2. The first kappa shape index (κ1) is 5.10. The van der Waals surface area contributed by atoms with Crippen LogP contribution < -0.4 is 5.32 Å². The molecule has 0 spiro atoms. The Morgan fingerprint density at radius 1 is 1.14 bits per heavy atom. The van der Waals surface area contributed by atoms with E-state index in [0.29, 0.717) is 0 Å². The largest absolute Gasteiger partial charge is 0.308 e. The summed E-state index contributed by atoms with van der Waals surface area (Å²) in [5.41, 5.74) is 0. The summed E-state index contributed by atoms with van der Waals surface area (Å²) in [5, 5.41) is 3.37. The van der Waals surface area contributed by atoms with Crippen molar-refractivity contribution in [3.63, 3.8) is 0 Å². The second-order valence-corrected chi connectivity index (χ2v) is 2.20. The highest BCUT2D eigenvalue weighted by Gasteiger charge is 2.31. The zero-order valence-corrected chi connectivity index (χ0v) is 5.07. The van der Waals surface area contributed by atoms with E-state index in [1.54, 1.807) is 0 Å². The van der Waals surface area contributed by atoms with Crippen LogP contribution in [0.15, 0.2) is 0 Å². The Hall–Kier alpha value is -0.0400. The molecule has 0 aliphatic carbocycles. The number of hydrogen-bond acceptors (Lipinski definition) is 1. The molecule has 1 aliphatic rings. The summed E-state index contributed by atoms with van der Waals surface area (Å²) < 4.78 is 0. The molecular formula is C6H13N. The fourth-order valence-electron chi connectivity index (χ4n) is 1.02. The third kappa shape index (κ3) is 0.942. The molecule has 0 aromatic carbocycles. The molecule has 42 valence electrons. The average Bonchev–Trinajstić information content (AvgIpc) is 2.43. The van der Waals surface area contributed by atoms with Crippen LogP contribution in [0.25, 0.3) is 0 Å². The van der Waals surface area contributed by atoms with Gasteiger partial charge in [0.05, 0.1) is 0 Å². The maximum absolute atomic E-state index is 3.37. The Morgan fingerprint density at radius 3 is 1.71 bits per heavy atom. The Labute approximate surface area is 45.1 Å². The van der Waals surface area contributed by atoms with Gasteiger partial charge in [-0.15, -0.1) is 0 Å². The average molecular weight is 99.2 g/mol. The van der Waals surface area contributed by atoms with Crippen molar-refractivity contribution in [2.24, 2.45) is 0 Å². The van der Waals surface area contributed by atoms with Crippen LogP contribution in [0.3, 0.4) is 0 Å². The molecule has 1 N–H and O–H groups in total. The summed E-state index contributed by atoms with van der Waals surface area (Å²) in [6.45, 7) is 4.46. The van der Waals surface area contributed by atoms with Crippen LogP contribution in [-0.4, -0.2) is 12.1 Å². The van der Waals surface area contributed by atoms with E-state index in [2.05, 4.69) is 19.2 Å². The van der Waals surface area contributed by atoms with E-state index in [0.717, 1.165) is 12.1 Å². The highest BCUT2D eigenvalue weighted by atomic mass is 15.1. The molecule has 0 aromatic rings. The molecule has 0 saturated carbocycles. The minimum absolute atomic E-state index is 0.866. The first-order chi connectivity index (χ1) is 3.38. The van der Waals surface area contributed by atoms with Crippen molar-refractivity contribution in [1.29, 1.82) is 0 Å². The van der Waals surface area contributed by atoms with Gasteiger partial charge in [0.2, 0.25) is 0 Å². The van der Waals surface area contributed by atoms with Crippen LogP contribution >= 0.6 is 0 Å². The van der Waals surface area contributed by atoms with Gasteiger partial charge in [-0.3, -0.25) is 0 Å². The van der Waals surface area contributed by atoms with Gasteiger partial charge in [-0.1, -0.05) is 13.8 Å². The van der Waals surface area contributed by atoms with Crippen molar-refractivity contribution in [2.45, 2.75) is 38.8 Å². The maximum Gasteiger partial charge on any atom is 0.0221 e. The molecule has 0 radical (unpaired) electrons. The standard InChI is InChI=1S/C6H13N/c1-3-5-6(4-2)7-5/h5-7H,3-4H2,1-2H3/t5-,6-/m0/s1. The lowest BCUT2D eigenvalue weighted by Crippen LogP contribution is -1.87. The molecule has 1 aliphatic heterocycles. The number of hydrogen-bond donors (Lipinski definition) is 1. The second kappa shape index (κ2) is 1.83. The van der Waals surface area contributed by atoms with Crippen LogP contribution in [0.1, 0.15) is 26.7 Å². The van der Waals surface area contributed by atoms with Crippen molar-refractivity contribution < 1.29 is 0 Å². The third-order valence-corrected chi connectivity index (χ3v) is 1.68. The Morgan fingerprint density at radius 2 is 1.57 bits per heavy atom. The Kier molecular flexibility index (Phi) is 1.33. The second-order valence-electron chi connectivity index (χ2n) is 2.20. The smallest absolute Gasteiger partial charge is 0.0221 e. The van der Waals surface area contributed by atoms with E-state index in [9.17, 15) is 0 Å². The van der Waals surface area contributed by atoms with Gasteiger partial charge in [-0.05, 0) is 12.8 Å². The summed E-state index contributed by atoms with van der Waals surface area (Å²) in [4.78, 5) is 0. The van der Waals surface area contributed by atoms with Gasteiger partial charge in [0.25, 0.3) is 0 Å². The van der Waals surface area contributed by atoms with Gasteiger partial charge in [-0.2, -0.15) is 0 Å². The van der Waals surface area contributed by atoms with Gasteiger partial charge in [0.1, 0.15) is 0 Å². The first-order valence-electron chi connectivity index (χ1n) is 3.14. The molecule has 0 amide bonds. The van der Waals surface area contributed by atoms with Gasteiger partial charge in [-0.25, -0.2) is 0 Å². The summed E-state index contributed by atoms with van der Waals surface area (Å²) in [6, 6.07) is 1.73. The topological polar surface area (TPSA) is 21.9 Å². The van der Waals surface area contributed by atoms with Crippen molar-refractivity contribution >= 4 is 0 Å². The first-order valence-corrected chi connectivity index (χ1v) is 3.14. The molecule has 1 fully saturated rings. The lowest BCUT2D eigenvalue weighted by molar-refractivity contribution is 0.817. The number of nitrogens with one attached hydrogen (secondary N) is 1. The van der Waals surface area contributed by atoms with Gasteiger partial charge in [0.15, 0.2) is 0 Å². The fourth-order valence-corrected chi connectivity index (χ4v) is 1.02. The van der Waals surface area contributed by atoms with Gasteiger partial charge >= 0.3 is 0 Å². The van der Waals surface area contributed by atoms with E-state index in [4.69, 9.17) is 0 Å². The van der Waals surface area contributed by atoms with Crippen LogP contribution in [-0.2, 0) is 0 Å². The van der Waals surface area contributed by atoms with E-state index >= 15 is 0 Å². The summed E-state index contributed by atoms with van der Waals surface area (Å²) in [7, 11) is 0. The SMILES string of the molecule is CC[C@@H]1N[C@H]1CC. The molecule has 7 heavy (non-hydrogen) atoms. The predicted molar refractivity (Wildman–Crippen MR) is 31.3 cm³/mol. The molecule has 1 heteroatoms. The van der Waals surface area contributed by atoms with Crippen molar-refractivity contribution in [3.05, 3.63) is 0 Å². The zero-order chi connectivity index (χ0) is 5.28. The summed E-state index contributed by atoms with van der Waals surface area (Å²) in [5.74, 6) is 0. The maximum atomic E-state index is 3.37. The molecule has 1 nitrogen and oxygen atoms in total. The monoisotopic (exact) mass is 99.1 g/mol. The molecule has 0 unspecified atom stereocenters. The summed E-state index contributed by atoms with van der Waals surface area (Å²) >= 11 is 0. The van der Waals surface area contributed by atoms with E-state index in [-0.39, 0.29) is 0 Å². The minimum Gasteiger partial charge on any atom is -0.308 e. The van der Waals surface area contributed by atoms with Crippen LogP contribution in [0.5, 0.6) is 0 Å². The van der Waals surface area contributed by atoms with Crippen LogP contribution in [0, 0.1) is 0 Å². The summed E-state index contributed by atoms with van der Waals surface area (Å²) in [6.07, 6.45) is 2.61. The molecule has 0 bridgehead atoms. The predicted octanol–water partition coefficient (Wildman–Crippen LogP) is 1.15. The Balaban J connectivity index is 2.06. The zero-order valence-electron chi connectivity index (χ0n) is 5.07. The minimum atomic E-state index is 0.866.